The number of carbonyl (C=O) groups excluding carboxylic acids is 1. The van der Waals surface area contributed by atoms with Crippen LogP contribution in [0.2, 0.25) is 0 Å². The van der Waals surface area contributed by atoms with Gasteiger partial charge in [-0.1, -0.05) is 172 Å². The van der Waals surface area contributed by atoms with Crippen LogP contribution in [0.25, 0.3) is 44.5 Å². The second kappa shape index (κ2) is 15.0. The van der Waals surface area contributed by atoms with Gasteiger partial charge in [-0.15, -0.1) is 0 Å². The number of hydrogen-bond donors (Lipinski definition) is 0. The summed E-state index contributed by atoms with van der Waals surface area (Å²) in [5, 5.41) is 0. The van der Waals surface area contributed by atoms with Crippen molar-refractivity contribution >= 4 is 40.4 Å². The standard InChI is InChI=1S/C60H46N2O/c1-59(2)53-26-14-10-24-49(53)51-36-34-45(38-55(51)59)61(43-18-6-4-7-19-43)57-28-16-12-22-47(57)41-30-32-42(33-31-41)48-23-13-17-29-58(48)62(44-20-8-5-9-21-44)46-35-37-52-50-25-11-15-27-54(50)60(3,40-63)56(52)39-46/h4-40H,1-3H3. The second-order valence-corrected chi connectivity index (χ2v) is 17.4. The van der Waals surface area contributed by atoms with Crippen LogP contribution in [0.4, 0.5) is 34.1 Å². The maximum absolute atomic E-state index is 12.9. The Bertz CT molecular complexity index is 3190. The van der Waals surface area contributed by atoms with Crippen molar-refractivity contribution in [3.63, 3.8) is 0 Å². The first-order valence-corrected chi connectivity index (χ1v) is 21.8. The van der Waals surface area contributed by atoms with E-state index in [1.165, 1.54) is 22.3 Å². The zero-order valence-corrected chi connectivity index (χ0v) is 35.7. The zero-order valence-electron chi connectivity index (χ0n) is 35.7. The number of nitrogens with zero attached hydrogens (tertiary/aromatic N) is 2. The summed E-state index contributed by atoms with van der Waals surface area (Å²) in [6, 6.07) is 78.3. The summed E-state index contributed by atoms with van der Waals surface area (Å²) in [5.41, 5.74) is 19.7. The van der Waals surface area contributed by atoms with E-state index in [0.29, 0.717) is 0 Å². The third-order valence-electron chi connectivity index (χ3n) is 13.5. The molecule has 1 atom stereocenters. The summed E-state index contributed by atoms with van der Waals surface area (Å²) in [6.07, 6.45) is 1.10. The van der Waals surface area contributed by atoms with Crippen molar-refractivity contribution in [2.75, 3.05) is 9.80 Å². The Morgan fingerprint density at radius 2 is 0.714 bits per heavy atom. The van der Waals surface area contributed by atoms with Gasteiger partial charge in [-0.2, -0.15) is 0 Å². The van der Waals surface area contributed by atoms with Crippen LogP contribution in [0.3, 0.4) is 0 Å². The Hall–Kier alpha value is -7.75. The van der Waals surface area contributed by atoms with E-state index >= 15 is 0 Å². The van der Waals surface area contributed by atoms with E-state index < -0.39 is 5.41 Å². The third kappa shape index (κ3) is 6.14. The van der Waals surface area contributed by atoms with Crippen molar-refractivity contribution in [1.82, 2.24) is 0 Å². The molecular weight excluding hydrogens is 765 g/mol. The number of para-hydroxylation sites is 4. The van der Waals surface area contributed by atoms with E-state index in [9.17, 15) is 4.79 Å². The minimum Gasteiger partial charge on any atom is -0.310 e. The maximum atomic E-state index is 12.9. The van der Waals surface area contributed by atoms with E-state index in [-0.39, 0.29) is 5.41 Å². The fourth-order valence-corrected chi connectivity index (χ4v) is 10.3. The Labute approximate surface area is 370 Å². The average Bonchev–Trinajstić information content (AvgIpc) is 3.73. The van der Waals surface area contributed by atoms with Gasteiger partial charge in [0.2, 0.25) is 0 Å². The number of benzene rings is 9. The van der Waals surface area contributed by atoms with E-state index in [2.05, 4.69) is 236 Å². The van der Waals surface area contributed by atoms with Crippen LogP contribution in [0, 0.1) is 0 Å². The fourth-order valence-electron chi connectivity index (χ4n) is 10.3. The maximum Gasteiger partial charge on any atom is 0.134 e. The van der Waals surface area contributed by atoms with Crippen LogP contribution in [0.1, 0.15) is 43.0 Å². The van der Waals surface area contributed by atoms with Gasteiger partial charge in [0.1, 0.15) is 6.29 Å². The SMILES string of the molecule is CC1(C)c2ccccc2-c2ccc(N(c3ccccc3)c3ccccc3-c3ccc(-c4ccccc4N(c4ccccc4)c4ccc5c(c4)C(C)(C=O)c4ccccc4-5)cc3)cc21. The molecule has 11 rings (SSSR count). The molecule has 0 bridgehead atoms. The van der Waals surface area contributed by atoms with Crippen molar-refractivity contribution in [3.05, 3.63) is 241 Å². The number of hydrogen-bond acceptors (Lipinski definition) is 3. The van der Waals surface area contributed by atoms with Gasteiger partial charge in [0.25, 0.3) is 0 Å². The first kappa shape index (κ1) is 38.2. The summed E-state index contributed by atoms with van der Waals surface area (Å²) < 4.78 is 0. The molecule has 0 aromatic heterocycles. The lowest BCUT2D eigenvalue weighted by molar-refractivity contribution is -0.110. The lowest BCUT2D eigenvalue weighted by atomic mass is 9.81. The highest BCUT2D eigenvalue weighted by atomic mass is 16.1. The Morgan fingerprint density at radius 3 is 1.22 bits per heavy atom. The van der Waals surface area contributed by atoms with Gasteiger partial charge in [-0.25, -0.2) is 0 Å². The molecule has 0 spiro atoms. The Kier molecular flexibility index (Phi) is 9.10. The minimum atomic E-state index is -0.741. The molecule has 0 radical (unpaired) electrons. The average molecular weight is 811 g/mol. The summed E-state index contributed by atoms with van der Waals surface area (Å²) >= 11 is 0. The summed E-state index contributed by atoms with van der Waals surface area (Å²) in [5.74, 6) is 0. The van der Waals surface area contributed by atoms with E-state index in [4.69, 9.17) is 0 Å². The van der Waals surface area contributed by atoms with Crippen LogP contribution in [-0.2, 0) is 15.6 Å². The molecule has 3 nitrogen and oxygen atoms in total. The number of aldehydes is 1. The Morgan fingerprint density at radius 1 is 0.333 bits per heavy atom. The quantitative estimate of drug-likeness (QED) is 0.136. The van der Waals surface area contributed by atoms with Crippen molar-refractivity contribution in [1.29, 1.82) is 0 Å². The molecule has 9 aromatic rings. The number of fused-ring (bicyclic) bond motifs is 6. The van der Waals surface area contributed by atoms with Crippen molar-refractivity contribution in [3.8, 4) is 44.5 Å². The first-order chi connectivity index (χ1) is 30.8. The largest absolute Gasteiger partial charge is 0.310 e. The number of anilines is 6. The molecule has 63 heavy (non-hydrogen) atoms. The normalized spacial score (nSPS) is 15.2. The van der Waals surface area contributed by atoms with Gasteiger partial charge in [0, 0.05) is 39.3 Å². The predicted octanol–water partition coefficient (Wildman–Crippen LogP) is 15.8. The third-order valence-corrected chi connectivity index (χ3v) is 13.5. The van der Waals surface area contributed by atoms with Gasteiger partial charge in [0.15, 0.2) is 0 Å². The van der Waals surface area contributed by atoms with Gasteiger partial charge in [0.05, 0.1) is 16.8 Å². The topological polar surface area (TPSA) is 23.6 Å². The summed E-state index contributed by atoms with van der Waals surface area (Å²) in [7, 11) is 0. The van der Waals surface area contributed by atoms with E-state index in [1.54, 1.807) is 0 Å². The van der Waals surface area contributed by atoms with Gasteiger partial charge >= 0.3 is 0 Å². The van der Waals surface area contributed by atoms with Gasteiger partial charge < -0.3 is 14.6 Å². The minimum absolute atomic E-state index is 0.117. The molecule has 0 heterocycles. The molecule has 0 saturated heterocycles. The first-order valence-electron chi connectivity index (χ1n) is 21.8. The van der Waals surface area contributed by atoms with Crippen LogP contribution in [0.5, 0.6) is 0 Å². The van der Waals surface area contributed by atoms with Crippen LogP contribution < -0.4 is 9.80 Å². The molecule has 0 saturated carbocycles. The molecule has 3 heteroatoms. The van der Waals surface area contributed by atoms with Crippen LogP contribution in [-0.4, -0.2) is 6.29 Å². The summed E-state index contributed by atoms with van der Waals surface area (Å²) in [4.78, 5) is 17.7. The highest BCUT2D eigenvalue weighted by molar-refractivity contribution is 5.96. The van der Waals surface area contributed by atoms with Gasteiger partial charge in [-0.05, 0) is 123 Å². The highest BCUT2D eigenvalue weighted by Gasteiger charge is 2.40. The molecular formula is C60H46N2O. The molecule has 0 amide bonds. The lowest BCUT2D eigenvalue weighted by Gasteiger charge is -2.30. The molecule has 1 unspecified atom stereocenters. The molecule has 0 N–H and O–H groups in total. The molecule has 2 aliphatic rings. The van der Waals surface area contributed by atoms with Crippen LogP contribution in [0.15, 0.2) is 218 Å². The molecule has 0 fully saturated rings. The number of rotatable bonds is 9. The molecule has 0 aliphatic heterocycles. The predicted molar refractivity (Wildman–Crippen MR) is 262 cm³/mol. The van der Waals surface area contributed by atoms with Gasteiger partial charge in [-0.3, -0.25) is 0 Å². The second-order valence-electron chi connectivity index (χ2n) is 17.4. The van der Waals surface area contributed by atoms with Crippen LogP contribution >= 0.6 is 0 Å². The molecule has 302 valence electrons. The van der Waals surface area contributed by atoms with Crippen molar-refractivity contribution in [2.24, 2.45) is 0 Å². The zero-order chi connectivity index (χ0) is 42.7. The van der Waals surface area contributed by atoms with E-state index in [1.807, 2.05) is 13.0 Å². The Balaban J connectivity index is 0.996. The summed E-state index contributed by atoms with van der Waals surface area (Å²) in [6.45, 7) is 6.73. The van der Waals surface area contributed by atoms with E-state index in [0.717, 1.165) is 84.9 Å². The molecule has 9 aromatic carbocycles. The van der Waals surface area contributed by atoms with Crippen molar-refractivity contribution in [2.45, 2.75) is 31.6 Å². The van der Waals surface area contributed by atoms with Crippen molar-refractivity contribution < 1.29 is 4.79 Å². The molecule has 2 aliphatic carbocycles. The lowest BCUT2D eigenvalue weighted by Crippen LogP contribution is -2.22. The fraction of sp³-hybridized carbons (Fsp3) is 0.0833. The monoisotopic (exact) mass is 810 g/mol. The highest BCUT2D eigenvalue weighted by Crippen LogP contribution is 2.53. The smallest absolute Gasteiger partial charge is 0.134 e. The number of carbonyl (C=O) groups is 1.